The van der Waals surface area contributed by atoms with Gasteiger partial charge in [-0.25, -0.2) is 0 Å². The average molecular weight is 336 g/mol. The SMILES string of the molecule is COCCOCCOCCOCCO.I. The van der Waals surface area contributed by atoms with Crippen molar-refractivity contribution < 1.29 is 24.1 Å². The topological polar surface area (TPSA) is 57.2 Å². The van der Waals surface area contributed by atoms with Crippen LogP contribution in [0.4, 0.5) is 0 Å². The van der Waals surface area contributed by atoms with Crippen LogP contribution in [-0.4, -0.2) is 65.1 Å². The van der Waals surface area contributed by atoms with E-state index in [0.717, 1.165) is 0 Å². The maximum Gasteiger partial charge on any atom is 0.0701 e. The Hall–Kier alpha value is 0.530. The highest BCUT2D eigenvalue weighted by atomic mass is 127. The van der Waals surface area contributed by atoms with Gasteiger partial charge in [0, 0.05) is 7.11 Å². The fraction of sp³-hybridized carbons (Fsp3) is 1.00. The molecule has 0 aromatic carbocycles. The summed E-state index contributed by atoms with van der Waals surface area (Å²) in [5, 5.41) is 8.39. The molecule has 0 heterocycles. The number of ether oxygens (including phenoxy) is 4. The van der Waals surface area contributed by atoms with Gasteiger partial charge in [0.2, 0.25) is 0 Å². The molecule has 15 heavy (non-hydrogen) atoms. The number of hydrogen-bond donors (Lipinski definition) is 1. The zero-order valence-electron chi connectivity index (χ0n) is 9.15. The second kappa shape index (κ2) is 16.9. The maximum absolute atomic E-state index is 8.39. The fourth-order valence-corrected chi connectivity index (χ4v) is 0.749. The van der Waals surface area contributed by atoms with Gasteiger partial charge >= 0.3 is 0 Å². The second-order valence-corrected chi connectivity index (χ2v) is 2.55. The molecule has 0 spiro atoms. The largest absolute Gasteiger partial charge is 0.394 e. The monoisotopic (exact) mass is 336 g/mol. The minimum Gasteiger partial charge on any atom is -0.394 e. The summed E-state index contributed by atoms with van der Waals surface area (Å²) in [5.74, 6) is 0. The van der Waals surface area contributed by atoms with Crippen LogP contribution >= 0.6 is 24.0 Å². The van der Waals surface area contributed by atoms with Crippen LogP contribution in [0.2, 0.25) is 0 Å². The van der Waals surface area contributed by atoms with Crippen LogP contribution in [0.3, 0.4) is 0 Å². The van der Waals surface area contributed by atoms with E-state index >= 15 is 0 Å². The van der Waals surface area contributed by atoms with Gasteiger partial charge in [-0.1, -0.05) is 0 Å². The molecule has 94 valence electrons. The first-order valence-corrected chi connectivity index (χ1v) is 4.75. The Kier molecular flexibility index (Phi) is 20.2. The summed E-state index contributed by atoms with van der Waals surface area (Å²) in [6.07, 6.45) is 0. The van der Waals surface area contributed by atoms with Crippen LogP contribution in [0.1, 0.15) is 0 Å². The highest BCUT2D eigenvalue weighted by Gasteiger charge is 1.90. The highest BCUT2D eigenvalue weighted by Crippen LogP contribution is 1.81. The van der Waals surface area contributed by atoms with E-state index in [2.05, 4.69) is 0 Å². The van der Waals surface area contributed by atoms with Gasteiger partial charge < -0.3 is 24.1 Å². The van der Waals surface area contributed by atoms with Gasteiger partial charge in [-0.2, -0.15) is 0 Å². The Morgan fingerprint density at radius 1 is 0.733 bits per heavy atom. The molecule has 0 rings (SSSR count). The van der Waals surface area contributed by atoms with Gasteiger partial charge in [-0.3, -0.25) is 0 Å². The normalized spacial score (nSPS) is 10.0. The summed E-state index contributed by atoms with van der Waals surface area (Å²) in [6.45, 7) is 3.82. The molecule has 0 saturated carbocycles. The number of aliphatic hydroxyl groups excluding tert-OH is 1. The van der Waals surface area contributed by atoms with Crippen molar-refractivity contribution in [3.63, 3.8) is 0 Å². The molecule has 1 N–H and O–H groups in total. The van der Waals surface area contributed by atoms with E-state index in [0.29, 0.717) is 46.2 Å². The first kappa shape index (κ1) is 17.9. The van der Waals surface area contributed by atoms with Crippen molar-refractivity contribution in [3.05, 3.63) is 0 Å². The summed E-state index contributed by atoms with van der Waals surface area (Å²) >= 11 is 0. The molecule has 0 aliphatic rings. The lowest BCUT2D eigenvalue weighted by atomic mass is 10.7. The van der Waals surface area contributed by atoms with Crippen LogP contribution in [-0.2, 0) is 18.9 Å². The molecule has 5 nitrogen and oxygen atoms in total. The molecule has 0 aromatic heterocycles. The minimum atomic E-state index is 0. The number of methoxy groups -OCH3 is 1. The number of aliphatic hydroxyl groups is 1. The third-order valence-electron chi connectivity index (χ3n) is 1.41. The molecule has 0 aliphatic carbocycles. The number of hydrogen-bond acceptors (Lipinski definition) is 5. The number of rotatable bonds is 11. The Balaban J connectivity index is 0. The van der Waals surface area contributed by atoms with E-state index in [1.54, 1.807) is 7.11 Å². The van der Waals surface area contributed by atoms with Crippen molar-refractivity contribution in [3.8, 4) is 0 Å². The smallest absolute Gasteiger partial charge is 0.0701 e. The first-order valence-electron chi connectivity index (χ1n) is 4.75. The summed E-state index contributed by atoms with van der Waals surface area (Å²) < 4.78 is 20.2. The first-order chi connectivity index (χ1) is 6.91. The van der Waals surface area contributed by atoms with Crippen molar-refractivity contribution >= 4 is 24.0 Å². The average Bonchev–Trinajstić information content (AvgIpc) is 2.21. The maximum atomic E-state index is 8.39. The molecular formula is C9H21IO5. The van der Waals surface area contributed by atoms with Crippen LogP contribution in [0.5, 0.6) is 0 Å². The molecule has 0 amide bonds. The van der Waals surface area contributed by atoms with Gasteiger partial charge in [-0.05, 0) is 0 Å². The molecule has 6 heteroatoms. The van der Waals surface area contributed by atoms with Crippen LogP contribution in [0.15, 0.2) is 0 Å². The molecule has 0 saturated heterocycles. The zero-order valence-corrected chi connectivity index (χ0v) is 11.5. The summed E-state index contributed by atoms with van der Waals surface area (Å²) in [4.78, 5) is 0. The Morgan fingerprint density at radius 3 is 1.53 bits per heavy atom. The molecular weight excluding hydrogens is 315 g/mol. The molecule has 0 fully saturated rings. The van der Waals surface area contributed by atoms with Crippen LogP contribution in [0.25, 0.3) is 0 Å². The lowest BCUT2D eigenvalue weighted by Gasteiger charge is -2.05. The van der Waals surface area contributed by atoms with Crippen molar-refractivity contribution in [1.29, 1.82) is 0 Å². The predicted octanol–water partition coefficient (Wildman–Crippen LogP) is 0.293. The van der Waals surface area contributed by atoms with Gasteiger partial charge in [-0.15, -0.1) is 24.0 Å². The van der Waals surface area contributed by atoms with Gasteiger partial charge in [0.1, 0.15) is 0 Å². The highest BCUT2D eigenvalue weighted by molar-refractivity contribution is 14.0. The van der Waals surface area contributed by atoms with Gasteiger partial charge in [0.25, 0.3) is 0 Å². The fourth-order valence-electron chi connectivity index (χ4n) is 0.749. The van der Waals surface area contributed by atoms with E-state index < -0.39 is 0 Å². The third-order valence-corrected chi connectivity index (χ3v) is 1.41. The molecule has 0 aliphatic heterocycles. The quantitative estimate of drug-likeness (QED) is 0.434. The molecule has 0 unspecified atom stereocenters. The van der Waals surface area contributed by atoms with E-state index in [-0.39, 0.29) is 30.6 Å². The van der Waals surface area contributed by atoms with Crippen molar-refractivity contribution in [2.75, 3.05) is 60.0 Å². The van der Waals surface area contributed by atoms with Gasteiger partial charge in [0.15, 0.2) is 0 Å². The summed E-state index contributed by atoms with van der Waals surface area (Å²) in [7, 11) is 1.64. The Bertz CT molecular complexity index is 92.5. The van der Waals surface area contributed by atoms with Crippen molar-refractivity contribution in [1.82, 2.24) is 0 Å². The van der Waals surface area contributed by atoms with Crippen molar-refractivity contribution in [2.45, 2.75) is 0 Å². The molecule has 0 radical (unpaired) electrons. The Morgan fingerprint density at radius 2 is 1.13 bits per heavy atom. The lowest BCUT2D eigenvalue weighted by Crippen LogP contribution is -2.12. The Labute approximate surface area is 108 Å². The minimum absolute atomic E-state index is 0. The lowest BCUT2D eigenvalue weighted by molar-refractivity contribution is -0.000973. The standard InChI is InChI=1S/C9H20O5.HI/c1-11-4-5-13-8-9-14-7-6-12-3-2-10;/h10H,2-9H2,1H3;1H. The summed E-state index contributed by atoms with van der Waals surface area (Å²) in [5.41, 5.74) is 0. The molecule has 0 aromatic rings. The van der Waals surface area contributed by atoms with E-state index in [9.17, 15) is 0 Å². The van der Waals surface area contributed by atoms with Gasteiger partial charge in [0.05, 0.1) is 52.9 Å². The van der Waals surface area contributed by atoms with E-state index in [1.165, 1.54) is 0 Å². The summed E-state index contributed by atoms with van der Waals surface area (Å²) in [6, 6.07) is 0. The molecule has 0 atom stereocenters. The predicted molar refractivity (Wildman–Crippen MR) is 66.8 cm³/mol. The van der Waals surface area contributed by atoms with Crippen molar-refractivity contribution in [2.24, 2.45) is 0 Å². The van der Waals surface area contributed by atoms with E-state index in [4.69, 9.17) is 24.1 Å². The zero-order chi connectivity index (χ0) is 10.5. The van der Waals surface area contributed by atoms with E-state index in [1.807, 2.05) is 0 Å². The van der Waals surface area contributed by atoms with Crippen LogP contribution in [0, 0.1) is 0 Å². The second-order valence-electron chi connectivity index (χ2n) is 2.55. The molecule has 0 bridgehead atoms. The third kappa shape index (κ3) is 17.2. The number of halogens is 1. The van der Waals surface area contributed by atoms with Crippen LogP contribution < -0.4 is 0 Å².